The van der Waals surface area contributed by atoms with E-state index in [4.69, 9.17) is 0 Å². The molecule has 120 valence electrons. The first kappa shape index (κ1) is 16.5. The maximum absolute atomic E-state index is 4.30. The van der Waals surface area contributed by atoms with Crippen molar-refractivity contribution in [2.24, 2.45) is 24.8 Å². The molecule has 0 amide bonds. The molecule has 21 heavy (non-hydrogen) atoms. The van der Waals surface area contributed by atoms with Gasteiger partial charge in [-0.05, 0) is 62.6 Å². The van der Waals surface area contributed by atoms with Crippen molar-refractivity contribution in [2.75, 3.05) is 13.1 Å². The minimum Gasteiger partial charge on any atom is -0.317 e. The highest BCUT2D eigenvalue weighted by molar-refractivity contribution is 5.00. The summed E-state index contributed by atoms with van der Waals surface area (Å²) in [5.74, 6) is 2.75. The van der Waals surface area contributed by atoms with Gasteiger partial charge in [0.2, 0.25) is 0 Å². The largest absolute Gasteiger partial charge is 0.317 e. The van der Waals surface area contributed by atoms with Crippen LogP contribution in [0, 0.1) is 17.8 Å². The Morgan fingerprint density at radius 2 is 2.10 bits per heavy atom. The van der Waals surface area contributed by atoms with Crippen molar-refractivity contribution in [3.8, 4) is 0 Å². The molecule has 1 heterocycles. The van der Waals surface area contributed by atoms with Crippen LogP contribution >= 0.6 is 0 Å². The third-order valence-corrected chi connectivity index (χ3v) is 5.30. The van der Waals surface area contributed by atoms with Crippen LogP contribution in [0.4, 0.5) is 0 Å². The molecular formula is C18H33N3. The van der Waals surface area contributed by atoms with Crippen LogP contribution in [0.2, 0.25) is 0 Å². The molecule has 1 N–H and O–H groups in total. The second kappa shape index (κ2) is 8.57. The maximum atomic E-state index is 4.30. The van der Waals surface area contributed by atoms with Crippen LogP contribution in [-0.4, -0.2) is 22.9 Å². The molecule has 1 aromatic rings. The molecule has 3 heteroatoms. The summed E-state index contributed by atoms with van der Waals surface area (Å²) in [6, 6.07) is 2.17. The van der Waals surface area contributed by atoms with Crippen molar-refractivity contribution in [1.29, 1.82) is 0 Å². The van der Waals surface area contributed by atoms with E-state index in [0.717, 1.165) is 24.3 Å². The van der Waals surface area contributed by atoms with Crippen LogP contribution in [0.25, 0.3) is 0 Å². The fraction of sp³-hybridized carbons (Fsp3) is 0.833. The summed E-state index contributed by atoms with van der Waals surface area (Å²) in [6.45, 7) is 6.86. The monoisotopic (exact) mass is 291 g/mol. The average Bonchev–Trinajstić information content (AvgIpc) is 2.90. The van der Waals surface area contributed by atoms with Gasteiger partial charge >= 0.3 is 0 Å². The third kappa shape index (κ3) is 4.84. The molecule has 1 aromatic heterocycles. The Labute approximate surface area is 130 Å². The minimum atomic E-state index is 0.881. The molecule has 0 spiro atoms. The van der Waals surface area contributed by atoms with Gasteiger partial charge in [-0.1, -0.05) is 33.1 Å². The van der Waals surface area contributed by atoms with Gasteiger partial charge in [0.1, 0.15) is 0 Å². The summed E-state index contributed by atoms with van der Waals surface area (Å²) in [5.41, 5.74) is 1.38. The molecule has 3 nitrogen and oxygen atoms in total. The van der Waals surface area contributed by atoms with E-state index in [1.807, 2.05) is 10.9 Å². The Morgan fingerprint density at radius 3 is 2.76 bits per heavy atom. The fourth-order valence-corrected chi connectivity index (χ4v) is 4.03. The van der Waals surface area contributed by atoms with Crippen LogP contribution < -0.4 is 5.32 Å². The highest BCUT2D eigenvalue weighted by atomic mass is 15.2. The molecule has 0 saturated heterocycles. The smallest absolute Gasteiger partial charge is 0.0492 e. The van der Waals surface area contributed by atoms with Gasteiger partial charge in [-0.25, -0.2) is 0 Å². The molecule has 1 aliphatic rings. The predicted octanol–water partition coefficient (Wildman–Crippen LogP) is 3.79. The Morgan fingerprint density at radius 1 is 1.24 bits per heavy atom. The van der Waals surface area contributed by atoms with E-state index in [9.17, 15) is 0 Å². The van der Waals surface area contributed by atoms with E-state index in [1.54, 1.807) is 0 Å². The lowest BCUT2D eigenvalue weighted by Gasteiger charge is -2.36. The lowest BCUT2D eigenvalue weighted by molar-refractivity contribution is 0.160. The van der Waals surface area contributed by atoms with Crippen molar-refractivity contribution < 1.29 is 0 Å². The third-order valence-electron chi connectivity index (χ3n) is 5.30. The normalized spacial score (nSPS) is 26.1. The minimum absolute atomic E-state index is 0.881. The van der Waals surface area contributed by atoms with Gasteiger partial charge in [0.25, 0.3) is 0 Å². The van der Waals surface area contributed by atoms with Crippen molar-refractivity contribution in [3.05, 3.63) is 18.0 Å². The van der Waals surface area contributed by atoms with Gasteiger partial charge in [-0.2, -0.15) is 5.10 Å². The first-order chi connectivity index (χ1) is 10.2. The lowest BCUT2D eigenvalue weighted by Crippen LogP contribution is -2.33. The van der Waals surface area contributed by atoms with Gasteiger partial charge in [-0.15, -0.1) is 0 Å². The summed E-state index contributed by atoms with van der Waals surface area (Å²) in [6.07, 6.45) is 11.5. The number of nitrogens with zero attached hydrogens (tertiary/aromatic N) is 2. The molecular weight excluding hydrogens is 258 g/mol. The quantitative estimate of drug-likeness (QED) is 0.789. The molecule has 0 aliphatic heterocycles. The molecule has 3 unspecified atom stereocenters. The molecule has 1 aliphatic carbocycles. The van der Waals surface area contributed by atoms with Gasteiger partial charge in [0.15, 0.2) is 0 Å². The zero-order valence-electron chi connectivity index (χ0n) is 14.1. The molecule has 2 rings (SSSR count). The summed E-state index contributed by atoms with van der Waals surface area (Å²) < 4.78 is 2.03. The van der Waals surface area contributed by atoms with Crippen LogP contribution in [0.1, 0.15) is 58.1 Å². The maximum Gasteiger partial charge on any atom is 0.0492 e. The van der Waals surface area contributed by atoms with E-state index in [-0.39, 0.29) is 0 Å². The molecule has 0 bridgehead atoms. The van der Waals surface area contributed by atoms with Crippen molar-refractivity contribution in [3.63, 3.8) is 0 Å². The number of rotatable bonds is 8. The number of hydrogen-bond acceptors (Lipinski definition) is 2. The Hall–Kier alpha value is -0.830. The second-order valence-corrected chi connectivity index (χ2v) is 6.78. The summed E-state index contributed by atoms with van der Waals surface area (Å²) >= 11 is 0. The van der Waals surface area contributed by atoms with Crippen molar-refractivity contribution >= 4 is 0 Å². The van der Waals surface area contributed by atoms with E-state index < -0.39 is 0 Å². The Bertz CT molecular complexity index is 399. The van der Waals surface area contributed by atoms with Gasteiger partial charge in [0, 0.05) is 18.9 Å². The molecule has 3 atom stereocenters. The van der Waals surface area contributed by atoms with Gasteiger partial charge in [-0.3, -0.25) is 4.68 Å². The first-order valence-electron chi connectivity index (χ1n) is 8.92. The number of aromatic nitrogens is 2. The standard InChI is InChI=1S/C18H33N3/c1-4-6-15-7-8-17(14-19-5-2)16(13-15)9-10-18-11-12-20-21(18)3/h11-12,15-17,19H,4-10,13-14H2,1-3H3. The van der Waals surface area contributed by atoms with Crippen LogP contribution in [0.3, 0.4) is 0 Å². The highest BCUT2D eigenvalue weighted by Gasteiger charge is 2.29. The molecule has 0 radical (unpaired) electrons. The van der Waals surface area contributed by atoms with E-state index in [2.05, 4.69) is 37.4 Å². The summed E-state index contributed by atoms with van der Waals surface area (Å²) in [5, 5.41) is 7.88. The molecule has 1 fully saturated rings. The summed E-state index contributed by atoms with van der Waals surface area (Å²) in [7, 11) is 2.06. The van der Waals surface area contributed by atoms with Crippen LogP contribution in [0.15, 0.2) is 12.3 Å². The Kier molecular flexibility index (Phi) is 6.75. The van der Waals surface area contributed by atoms with Crippen molar-refractivity contribution in [1.82, 2.24) is 15.1 Å². The number of aryl methyl sites for hydroxylation is 2. The predicted molar refractivity (Wildman–Crippen MR) is 89.3 cm³/mol. The average molecular weight is 291 g/mol. The molecule has 1 saturated carbocycles. The fourth-order valence-electron chi connectivity index (χ4n) is 4.03. The van der Waals surface area contributed by atoms with E-state index in [0.29, 0.717) is 0 Å². The number of hydrogen-bond donors (Lipinski definition) is 1. The summed E-state index contributed by atoms with van der Waals surface area (Å²) in [4.78, 5) is 0. The SMILES string of the molecule is CCCC1CCC(CNCC)C(CCc2ccnn2C)C1. The van der Waals surface area contributed by atoms with Crippen LogP contribution in [-0.2, 0) is 13.5 Å². The lowest BCUT2D eigenvalue weighted by atomic mass is 9.71. The van der Waals surface area contributed by atoms with E-state index >= 15 is 0 Å². The number of nitrogens with one attached hydrogen (secondary N) is 1. The first-order valence-corrected chi connectivity index (χ1v) is 8.92. The van der Waals surface area contributed by atoms with Crippen LogP contribution in [0.5, 0.6) is 0 Å². The highest BCUT2D eigenvalue weighted by Crippen LogP contribution is 2.38. The second-order valence-electron chi connectivity index (χ2n) is 6.78. The van der Waals surface area contributed by atoms with Gasteiger partial charge in [0.05, 0.1) is 0 Å². The van der Waals surface area contributed by atoms with E-state index in [1.165, 1.54) is 57.2 Å². The zero-order valence-corrected chi connectivity index (χ0v) is 14.1. The van der Waals surface area contributed by atoms with Gasteiger partial charge < -0.3 is 5.32 Å². The Balaban J connectivity index is 1.90. The zero-order chi connectivity index (χ0) is 15.1. The topological polar surface area (TPSA) is 29.9 Å². The van der Waals surface area contributed by atoms with Crippen molar-refractivity contribution in [2.45, 2.75) is 58.8 Å². The molecule has 0 aromatic carbocycles.